The van der Waals surface area contributed by atoms with E-state index in [-0.39, 0.29) is 0 Å². The van der Waals surface area contributed by atoms with Crippen molar-refractivity contribution in [3.63, 3.8) is 0 Å². The highest BCUT2D eigenvalue weighted by molar-refractivity contribution is 6.17. The minimum atomic E-state index is 0.573. The van der Waals surface area contributed by atoms with E-state index >= 15 is 0 Å². The summed E-state index contributed by atoms with van der Waals surface area (Å²) in [4.78, 5) is 4.71. The fraction of sp³-hybridized carbons (Fsp3) is 0.533. The molecule has 0 saturated carbocycles. The Kier molecular flexibility index (Phi) is 4.13. The first-order valence-electron chi connectivity index (χ1n) is 6.98. The predicted molar refractivity (Wildman–Crippen MR) is 79.6 cm³/mol. The maximum absolute atomic E-state index is 5.91. The molecule has 108 valence electrons. The van der Waals surface area contributed by atoms with E-state index in [0.29, 0.717) is 11.8 Å². The van der Waals surface area contributed by atoms with E-state index in [4.69, 9.17) is 26.1 Å². The lowest BCUT2D eigenvalue weighted by Gasteiger charge is -2.13. The number of aryl methyl sites for hydroxylation is 1. The standard InChI is InChI=1S/C15H19ClN2O2/c1-19-12-2-3-14-13(8-12)17-15(4-6-16)18(14)9-11-5-7-20-10-11/h2-3,8,11H,4-7,9-10H2,1H3. The third-order valence-electron chi connectivity index (χ3n) is 3.82. The number of aromatic nitrogens is 2. The van der Waals surface area contributed by atoms with Gasteiger partial charge in [0, 0.05) is 37.4 Å². The average Bonchev–Trinajstić information content (AvgIpc) is 3.08. The van der Waals surface area contributed by atoms with Crippen LogP contribution in [0.5, 0.6) is 5.75 Å². The Morgan fingerprint density at radius 1 is 1.50 bits per heavy atom. The molecule has 1 unspecified atom stereocenters. The summed E-state index contributed by atoms with van der Waals surface area (Å²) >= 11 is 5.91. The van der Waals surface area contributed by atoms with E-state index in [9.17, 15) is 0 Å². The van der Waals surface area contributed by atoms with Crippen molar-refractivity contribution in [2.45, 2.75) is 19.4 Å². The maximum atomic E-state index is 5.91. The van der Waals surface area contributed by atoms with Crippen molar-refractivity contribution in [3.05, 3.63) is 24.0 Å². The van der Waals surface area contributed by atoms with Gasteiger partial charge in [-0.2, -0.15) is 0 Å². The summed E-state index contributed by atoms with van der Waals surface area (Å²) < 4.78 is 13.0. The van der Waals surface area contributed by atoms with Crippen LogP contribution in [0.2, 0.25) is 0 Å². The van der Waals surface area contributed by atoms with E-state index in [0.717, 1.165) is 55.2 Å². The molecule has 20 heavy (non-hydrogen) atoms. The van der Waals surface area contributed by atoms with Crippen molar-refractivity contribution in [2.24, 2.45) is 5.92 Å². The van der Waals surface area contributed by atoms with Gasteiger partial charge in [0.15, 0.2) is 0 Å². The summed E-state index contributed by atoms with van der Waals surface area (Å²) in [6, 6.07) is 6.04. The van der Waals surface area contributed by atoms with Crippen molar-refractivity contribution in [1.82, 2.24) is 9.55 Å². The quantitative estimate of drug-likeness (QED) is 0.796. The molecule has 4 nitrogen and oxygen atoms in total. The fourth-order valence-corrected chi connectivity index (χ4v) is 2.92. The number of hydrogen-bond acceptors (Lipinski definition) is 3. The van der Waals surface area contributed by atoms with Crippen LogP contribution in [0.3, 0.4) is 0 Å². The summed E-state index contributed by atoms with van der Waals surface area (Å²) in [5.74, 6) is 3.05. The molecule has 2 heterocycles. The van der Waals surface area contributed by atoms with Gasteiger partial charge in [-0.25, -0.2) is 4.98 Å². The van der Waals surface area contributed by atoms with Gasteiger partial charge in [-0.3, -0.25) is 0 Å². The zero-order chi connectivity index (χ0) is 13.9. The molecule has 5 heteroatoms. The molecule has 0 radical (unpaired) electrons. The van der Waals surface area contributed by atoms with Crippen LogP contribution in [-0.4, -0.2) is 35.8 Å². The van der Waals surface area contributed by atoms with Gasteiger partial charge in [-0.05, 0) is 18.6 Å². The Balaban J connectivity index is 1.99. The summed E-state index contributed by atoms with van der Waals surface area (Å²) in [6.07, 6.45) is 1.91. The van der Waals surface area contributed by atoms with E-state index < -0.39 is 0 Å². The number of hydrogen-bond donors (Lipinski definition) is 0. The molecular weight excluding hydrogens is 276 g/mol. The zero-order valence-corrected chi connectivity index (χ0v) is 12.4. The van der Waals surface area contributed by atoms with Gasteiger partial charge < -0.3 is 14.0 Å². The molecule has 1 saturated heterocycles. The first kappa shape index (κ1) is 13.7. The summed E-state index contributed by atoms with van der Waals surface area (Å²) in [5, 5.41) is 0. The Morgan fingerprint density at radius 2 is 2.40 bits per heavy atom. The van der Waals surface area contributed by atoms with E-state index in [1.54, 1.807) is 7.11 Å². The summed E-state index contributed by atoms with van der Waals surface area (Å²) in [5.41, 5.74) is 2.13. The Labute approximate surface area is 123 Å². The van der Waals surface area contributed by atoms with Crippen LogP contribution in [0.25, 0.3) is 11.0 Å². The van der Waals surface area contributed by atoms with Crippen LogP contribution in [0.1, 0.15) is 12.2 Å². The van der Waals surface area contributed by atoms with Gasteiger partial charge in [-0.15, -0.1) is 11.6 Å². The second-order valence-electron chi connectivity index (χ2n) is 5.16. The number of imidazole rings is 1. The highest BCUT2D eigenvalue weighted by Gasteiger charge is 2.19. The SMILES string of the molecule is COc1ccc2c(c1)nc(CCCl)n2CC1CCOC1. The maximum Gasteiger partial charge on any atom is 0.121 e. The summed E-state index contributed by atoms with van der Waals surface area (Å²) in [7, 11) is 1.67. The lowest BCUT2D eigenvalue weighted by Crippen LogP contribution is -2.13. The number of methoxy groups -OCH3 is 1. The Bertz CT molecular complexity index is 591. The normalized spacial score (nSPS) is 18.8. The van der Waals surface area contributed by atoms with Gasteiger partial charge in [-0.1, -0.05) is 0 Å². The number of nitrogens with zero attached hydrogens (tertiary/aromatic N) is 2. The molecule has 1 aromatic carbocycles. The molecule has 0 amide bonds. The Hall–Kier alpha value is -1.26. The highest BCUT2D eigenvalue weighted by atomic mass is 35.5. The molecule has 1 aromatic heterocycles. The predicted octanol–water partition coefficient (Wildman–Crippen LogP) is 2.86. The van der Waals surface area contributed by atoms with Crippen LogP contribution in [0.4, 0.5) is 0 Å². The van der Waals surface area contributed by atoms with E-state index in [1.165, 1.54) is 0 Å². The van der Waals surface area contributed by atoms with Crippen LogP contribution in [-0.2, 0) is 17.7 Å². The second-order valence-corrected chi connectivity index (χ2v) is 5.54. The second kappa shape index (κ2) is 6.02. The van der Waals surface area contributed by atoms with Crippen LogP contribution in [0.15, 0.2) is 18.2 Å². The molecular formula is C15H19ClN2O2. The van der Waals surface area contributed by atoms with E-state index in [1.807, 2.05) is 12.1 Å². The smallest absolute Gasteiger partial charge is 0.121 e. The molecule has 2 aromatic rings. The minimum absolute atomic E-state index is 0.573. The van der Waals surface area contributed by atoms with Crippen LogP contribution < -0.4 is 4.74 Å². The first-order chi connectivity index (χ1) is 9.81. The lowest BCUT2D eigenvalue weighted by molar-refractivity contribution is 0.182. The monoisotopic (exact) mass is 294 g/mol. The van der Waals surface area contributed by atoms with Gasteiger partial charge in [0.25, 0.3) is 0 Å². The zero-order valence-electron chi connectivity index (χ0n) is 11.6. The fourth-order valence-electron chi connectivity index (χ4n) is 2.75. The summed E-state index contributed by atoms with van der Waals surface area (Å²) in [6.45, 7) is 2.67. The molecule has 0 N–H and O–H groups in total. The van der Waals surface area contributed by atoms with Crippen molar-refractivity contribution in [3.8, 4) is 5.75 Å². The van der Waals surface area contributed by atoms with Crippen LogP contribution >= 0.6 is 11.6 Å². The third kappa shape index (κ3) is 2.63. The molecule has 0 aliphatic carbocycles. The molecule has 1 atom stereocenters. The van der Waals surface area contributed by atoms with Crippen molar-refractivity contribution in [1.29, 1.82) is 0 Å². The molecule has 1 fully saturated rings. The van der Waals surface area contributed by atoms with Gasteiger partial charge in [0.05, 0.1) is 24.8 Å². The van der Waals surface area contributed by atoms with Gasteiger partial charge in [0.1, 0.15) is 11.6 Å². The van der Waals surface area contributed by atoms with Crippen molar-refractivity contribution >= 4 is 22.6 Å². The number of fused-ring (bicyclic) bond motifs is 1. The number of rotatable bonds is 5. The highest BCUT2D eigenvalue weighted by Crippen LogP contribution is 2.25. The van der Waals surface area contributed by atoms with Crippen molar-refractivity contribution < 1.29 is 9.47 Å². The van der Waals surface area contributed by atoms with Crippen LogP contribution in [0, 0.1) is 5.92 Å². The molecule has 3 rings (SSSR count). The number of halogens is 1. The molecule has 1 aliphatic heterocycles. The first-order valence-corrected chi connectivity index (χ1v) is 7.52. The third-order valence-corrected chi connectivity index (χ3v) is 4.01. The Morgan fingerprint density at radius 3 is 3.10 bits per heavy atom. The molecule has 0 spiro atoms. The average molecular weight is 295 g/mol. The molecule has 1 aliphatic rings. The van der Waals surface area contributed by atoms with Gasteiger partial charge in [0.2, 0.25) is 0 Å². The topological polar surface area (TPSA) is 36.3 Å². The van der Waals surface area contributed by atoms with E-state index in [2.05, 4.69) is 10.6 Å². The number of ether oxygens (including phenoxy) is 2. The largest absolute Gasteiger partial charge is 0.497 e. The minimum Gasteiger partial charge on any atom is -0.497 e. The lowest BCUT2D eigenvalue weighted by atomic mass is 10.1. The van der Waals surface area contributed by atoms with Crippen molar-refractivity contribution in [2.75, 3.05) is 26.2 Å². The van der Waals surface area contributed by atoms with Gasteiger partial charge >= 0.3 is 0 Å². The molecule has 0 bridgehead atoms. The number of benzene rings is 1. The number of alkyl halides is 1.